The molecule has 1 saturated heterocycles. The average molecular weight is 555 g/mol. The van der Waals surface area contributed by atoms with Crippen LogP contribution < -0.4 is 14.4 Å². The maximum atomic E-state index is 14.4. The molecular formula is C28H27FN2O7S. The van der Waals surface area contributed by atoms with Crippen LogP contribution >= 0.6 is 11.3 Å². The van der Waals surface area contributed by atoms with Crippen LogP contribution in [0.3, 0.4) is 0 Å². The molecular weight excluding hydrogens is 527 g/mol. The summed E-state index contributed by atoms with van der Waals surface area (Å²) in [6.07, 6.45) is 0. The van der Waals surface area contributed by atoms with Gasteiger partial charge in [0, 0.05) is 5.56 Å². The fourth-order valence-corrected chi connectivity index (χ4v) is 5.23. The smallest absolute Gasteiger partial charge is 0.350 e. The molecule has 4 rings (SSSR count). The number of ether oxygens (including phenoxy) is 3. The first-order valence-electron chi connectivity index (χ1n) is 12.2. The Labute approximate surface area is 228 Å². The van der Waals surface area contributed by atoms with Gasteiger partial charge >= 0.3 is 11.9 Å². The van der Waals surface area contributed by atoms with E-state index in [2.05, 4.69) is 4.98 Å². The van der Waals surface area contributed by atoms with E-state index in [-0.39, 0.29) is 27.8 Å². The van der Waals surface area contributed by atoms with Crippen molar-refractivity contribution in [2.24, 2.45) is 0 Å². The molecule has 9 nitrogen and oxygen atoms in total. The largest absolute Gasteiger partial charge is 0.507 e. The molecule has 1 aromatic heterocycles. The van der Waals surface area contributed by atoms with Crippen molar-refractivity contribution >= 4 is 39.9 Å². The summed E-state index contributed by atoms with van der Waals surface area (Å²) in [5.41, 5.74) is 0.833. The van der Waals surface area contributed by atoms with Gasteiger partial charge in [-0.3, -0.25) is 14.5 Å². The monoisotopic (exact) mass is 554 g/mol. The fourth-order valence-electron chi connectivity index (χ4n) is 4.24. The Morgan fingerprint density at radius 1 is 1.10 bits per heavy atom. The second-order valence-corrected chi connectivity index (χ2v) is 9.59. The molecule has 39 heavy (non-hydrogen) atoms. The first kappa shape index (κ1) is 27.8. The van der Waals surface area contributed by atoms with Crippen LogP contribution in [0.2, 0.25) is 0 Å². The quantitative estimate of drug-likeness (QED) is 0.177. The topological polar surface area (TPSA) is 115 Å². The molecule has 0 bridgehead atoms. The molecule has 1 aliphatic rings. The number of aromatic nitrogens is 1. The maximum Gasteiger partial charge on any atom is 0.350 e. The molecule has 1 N–H and O–H groups in total. The number of carbonyl (C=O) groups is 3. The van der Waals surface area contributed by atoms with Crippen LogP contribution in [0.1, 0.15) is 51.9 Å². The van der Waals surface area contributed by atoms with E-state index >= 15 is 0 Å². The Kier molecular flexibility index (Phi) is 8.01. The van der Waals surface area contributed by atoms with Gasteiger partial charge in [0.05, 0.1) is 37.6 Å². The van der Waals surface area contributed by atoms with Crippen molar-refractivity contribution in [1.82, 2.24) is 4.98 Å². The summed E-state index contributed by atoms with van der Waals surface area (Å²) in [6.45, 7) is 7.16. The SMILES string of the molecule is CCOC(=O)c1sc(N2C(=O)C(=O)C(=C(O)c3ccc(C)c(F)c3)C2c2ccc(OCC)c(OC)c2)nc1C. The third kappa shape index (κ3) is 5.09. The van der Waals surface area contributed by atoms with Crippen LogP contribution in [0.25, 0.3) is 5.76 Å². The number of aryl methyl sites for hydroxylation is 2. The summed E-state index contributed by atoms with van der Waals surface area (Å²) < 4.78 is 30.5. The molecule has 1 unspecified atom stereocenters. The second kappa shape index (κ2) is 11.2. The molecule has 11 heteroatoms. The number of nitrogens with zero attached hydrogens (tertiary/aromatic N) is 2. The van der Waals surface area contributed by atoms with Crippen LogP contribution in [0.4, 0.5) is 9.52 Å². The van der Waals surface area contributed by atoms with Gasteiger partial charge in [0.25, 0.3) is 5.78 Å². The molecule has 1 amide bonds. The highest BCUT2D eigenvalue weighted by Gasteiger charge is 2.48. The van der Waals surface area contributed by atoms with Crippen LogP contribution in [-0.2, 0) is 14.3 Å². The molecule has 1 fully saturated rings. The van der Waals surface area contributed by atoms with Crippen molar-refractivity contribution in [3.05, 3.63) is 75.0 Å². The van der Waals surface area contributed by atoms with Crippen molar-refractivity contribution in [2.45, 2.75) is 33.7 Å². The summed E-state index contributed by atoms with van der Waals surface area (Å²) >= 11 is 0.891. The number of hydrogen-bond acceptors (Lipinski definition) is 9. The van der Waals surface area contributed by atoms with Gasteiger partial charge in [0.2, 0.25) is 0 Å². The number of anilines is 1. The van der Waals surface area contributed by atoms with E-state index in [1.807, 2.05) is 6.92 Å². The summed E-state index contributed by atoms with van der Waals surface area (Å²) in [5, 5.41) is 11.3. The first-order valence-corrected chi connectivity index (χ1v) is 13.0. The Morgan fingerprint density at radius 3 is 2.49 bits per heavy atom. The van der Waals surface area contributed by atoms with Gasteiger partial charge in [-0.05, 0) is 57.0 Å². The van der Waals surface area contributed by atoms with Crippen LogP contribution in [0, 0.1) is 19.7 Å². The Balaban J connectivity index is 1.95. The van der Waals surface area contributed by atoms with Gasteiger partial charge < -0.3 is 19.3 Å². The number of aliphatic hydroxyl groups is 1. The van der Waals surface area contributed by atoms with Crippen LogP contribution in [0.15, 0.2) is 42.0 Å². The molecule has 3 aromatic rings. The van der Waals surface area contributed by atoms with E-state index in [0.717, 1.165) is 22.3 Å². The Morgan fingerprint density at radius 2 is 1.85 bits per heavy atom. The minimum absolute atomic E-state index is 0.0292. The van der Waals surface area contributed by atoms with Gasteiger partial charge in [-0.15, -0.1) is 0 Å². The van der Waals surface area contributed by atoms with E-state index < -0.39 is 35.3 Å². The minimum Gasteiger partial charge on any atom is -0.507 e. The standard InChI is InChI=1S/C28H27FN2O7S/c1-6-37-19-11-10-16(13-20(19)36-5)22-21(23(32)17-9-8-14(3)18(29)12-17)24(33)26(34)31(22)28-30-15(4)25(39-28)27(35)38-7-2/h8-13,22,32H,6-7H2,1-5H3. The molecule has 1 atom stereocenters. The molecule has 1 aliphatic heterocycles. The van der Waals surface area contributed by atoms with Gasteiger partial charge in [-0.25, -0.2) is 14.2 Å². The number of methoxy groups -OCH3 is 1. The molecule has 2 aromatic carbocycles. The molecule has 0 spiro atoms. The summed E-state index contributed by atoms with van der Waals surface area (Å²) in [4.78, 5) is 45.0. The van der Waals surface area contributed by atoms with E-state index in [0.29, 0.717) is 34.9 Å². The number of aliphatic hydroxyl groups excluding tert-OH is 1. The highest BCUT2D eigenvalue weighted by molar-refractivity contribution is 7.17. The summed E-state index contributed by atoms with van der Waals surface area (Å²) in [7, 11) is 1.45. The van der Waals surface area contributed by atoms with Gasteiger partial charge in [0.1, 0.15) is 16.5 Å². The van der Waals surface area contributed by atoms with Crippen molar-refractivity contribution in [1.29, 1.82) is 0 Å². The van der Waals surface area contributed by atoms with Gasteiger partial charge in [-0.1, -0.05) is 29.5 Å². The summed E-state index contributed by atoms with van der Waals surface area (Å²) in [5.74, 6) is -2.92. The average Bonchev–Trinajstić information content (AvgIpc) is 3.42. The number of halogens is 1. The van der Waals surface area contributed by atoms with E-state index in [9.17, 15) is 23.9 Å². The highest BCUT2D eigenvalue weighted by atomic mass is 32.1. The highest BCUT2D eigenvalue weighted by Crippen LogP contribution is 2.45. The number of ketones is 1. The van der Waals surface area contributed by atoms with Crippen molar-refractivity contribution < 1.29 is 38.1 Å². The third-order valence-corrected chi connectivity index (χ3v) is 7.28. The lowest BCUT2D eigenvalue weighted by atomic mass is 9.94. The predicted octanol–water partition coefficient (Wildman–Crippen LogP) is 5.11. The zero-order valence-corrected chi connectivity index (χ0v) is 22.8. The van der Waals surface area contributed by atoms with Crippen molar-refractivity contribution in [3.8, 4) is 11.5 Å². The number of Topliss-reactive ketones (excluding diaryl/α,β-unsaturated/α-hetero) is 1. The Hall–Kier alpha value is -4.25. The Bertz CT molecular complexity index is 1500. The van der Waals surface area contributed by atoms with Crippen molar-refractivity contribution in [3.63, 3.8) is 0 Å². The number of thiazole rings is 1. The second-order valence-electron chi connectivity index (χ2n) is 8.61. The predicted molar refractivity (Wildman–Crippen MR) is 143 cm³/mol. The van der Waals surface area contributed by atoms with Gasteiger partial charge in [-0.2, -0.15) is 0 Å². The molecule has 2 heterocycles. The normalized spacial score (nSPS) is 16.5. The van der Waals surface area contributed by atoms with E-state index in [4.69, 9.17) is 14.2 Å². The van der Waals surface area contributed by atoms with Crippen LogP contribution in [0.5, 0.6) is 11.5 Å². The zero-order valence-electron chi connectivity index (χ0n) is 22.0. The number of benzene rings is 2. The number of hydrogen-bond donors (Lipinski definition) is 1. The van der Waals surface area contributed by atoms with E-state index in [1.165, 1.54) is 19.2 Å². The zero-order chi connectivity index (χ0) is 28.4. The summed E-state index contributed by atoms with van der Waals surface area (Å²) in [6, 6.07) is 7.70. The number of rotatable bonds is 8. The lowest BCUT2D eigenvalue weighted by Gasteiger charge is -2.24. The number of amides is 1. The molecule has 0 aliphatic carbocycles. The molecule has 0 radical (unpaired) electrons. The fraction of sp³-hybridized carbons (Fsp3) is 0.286. The lowest BCUT2D eigenvalue weighted by molar-refractivity contribution is -0.132. The number of carbonyl (C=O) groups excluding carboxylic acids is 3. The molecule has 0 saturated carbocycles. The van der Waals surface area contributed by atoms with Crippen molar-refractivity contribution in [2.75, 3.05) is 25.2 Å². The third-order valence-electron chi connectivity index (χ3n) is 6.15. The molecule has 204 valence electrons. The minimum atomic E-state index is -1.17. The maximum absolute atomic E-state index is 14.4. The number of esters is 1. The lowest BCUT2D eigenvalue weighted by Crippen LogP contribution is -2.29. The first-order chi connectivity index (χ1) is 18.6. The van der Waals surface area contributed by atoms with Crippen LogP contribution in [-0.4, -0.2) is 48.1 Å². The van der Waals surface area contributed by atoms with Gasteiger partial charge in [0.15, 0.2) is 16.6 Å². The van der Waals surface area contributed by atoms with E-state index in [1.54, 1.807) is 39.0 Å².